The van der Waals surface area contributed by atoms with Crippen molar-refractivity contribution in [3.05, 3.63) is 18.2 Å². The topological polar surface area (TPSA) is 71.5 Å². The minimum absolute atomic E-state index is 0.0632. The Balaban J connectivity index is 1.65. The van der Waals surface area contributed by atoms with Crippen molar-refractivity contribution in [2.75, 3.05) is 25.0 Å². The average molecular weight is 347 g/mol. The zero-order valence-corrected chi connectivity index (χ0v) is 14.5. The van der Waals surface area contributed by atoms with E-state index in [9.17, 15) is 9.59 Å². The molecule has 1 fully saturated rings. The fourth-order valence-corrected chi connectivity index (χ4v) is 3.66. The number of nitrogens with one attached hydrogen (secondary N) is 1. The molecule has 0 aliphatic carbocycles. The molecule has 2 amide bonds. The number of benzene rings is 1. The third-order valence-corrected chi connectivity index (χ3v) is 4.86. The monoisotopic (exact) mass is 347 g/mol. The predicted octanol–water partition coefficient (Wildman–Crippen LogP) is 3.04. The van der Waals surface area contributed by atoms with Crippen LogP contribution < -0.4 is 10.1 Å². The molecule has 0 spiro atoms. The van der Waals surface area contributed by atoms with Crippen molar-refractivity contribution in [3.8, 4) is 5.75 Å². The summed E-state index contributed by atoms with van der Waals surface area (Å²) in [5, 5.41) is 3.35. The summed E-state index contributed by atoms with van der Waals surface area (Å²) >= 11 is 1.41. The normalized spacial score (nSPS) is 15.4. The van der Waals surface area contributed by atoms with Crippen LogP contribution in [-0.2, 0) is 9.59 Å². The molecule has 0 unspecified atom stereocenters. The van der Waals surface area contributed by atoms with Crippen LogP contribution in [-0.4, -0.2) is 41.4 Å². The van der Waals surface area contributed by atoms with Gasteiger partial charge in [-0.1, -0.05) is 17.8 Å². The maximum absolute atomic E-state index is 12.2. The molecule has 2 heterocycles. The molecule has 1 aliphatic heterocycles. The fourth-order valence-electron chi connectivity index (χ4n) is 2.75. The highest BCUT2D eigenvalue weighted by molar-refractivity contribution is 7.22. The number of hydrogen-bond donors (Lipinski definition) is 1. The molecule has 6 nitrogen and oxygen atoms in total. The lowest BCUT2D eigenvalue weighted by molar-refractivity contribution is -0.134. The molecule has 0 saturated carbocycles. The van der Waals surface area contributed by atoms with E-state index in [0.29, 0.717) is 24.7 Å². The number of carbonyl (C=O) groups excluding carboxylic acids is 2. The zero-order valence-electron chi connectivity index (χ0n) is 13.7. The van der Waals surface area contributed by atoms with Gasteiger partial charge in [-0.25, -0.2) is 4.98 Å². The maximum Gasteiger partial charge on any atom is 0.245 e. The molecule has 1 aromatic carbocycles. The molecule has 7 heteroatoms. The number of rotatable bonds is 5. The van der Waals surface area contributed by atoms with E-state index in [1.807, 2.05) is 25.1 Å². The largest absolute Gasteiger partial charge is 0.494 e. The van der Waals surface area contributed by atoms with Crippen molar-refractivity contribution in [1.82, 2.24) is 9.88 Å². The second-order valence-electron chi connectivity index (χ2n) is 5.76. The van der Waals surface area contributed by atoms with Crippen LogP contribution in [0.3, 0.4) is 0 Å². The van der Waals surface area contributed by atoms with E-state index in [-0.39, 0.29) is 18.4 Å². The van der Waals surface area contributed by atoms with Gasteiger partial charge in [-0.05, 0) is 38.0 Å². The predicted molar refractivity (Wildman–Crippen MR) is 94.5 cm³/mol. The molecular formula is C17H21N3O3S. The molecule has 1 aliphatic rings. The van der Waals surface area contributed by atoms with Gasteiger partial charge >= 0.3 is 0 Å². The molecule has 24 heavy (non-hydrogen) atoms. The minimum atomic E-state index is -0.200. The SMILES string of the molecule is CCOc1ccc2nc(NC(=O)CN3CCCCCC3=O)sc2c1. The lowest BCUT2D eigenvalue weighted by Crippen LogP contribution is -2.37. The first-order valence-corrected chi connectivity index (χ1v) is 9.08. The molecular weight excluding hydrogens is 326 g/mol. The number of likely N-dealkylation sites (tertiary alicyclic amines) is 1. The van der Waals surface area contributed by atoms with Gasteiger partial charge in [0, 0.05) is 13.0 Å². The van der Waals surface area contributed by atoms with Crippen molar-refractivity contribution in [3.63, 3.8) is 0 Å². The van der Waals surface area contributed by atoms with Crippen LogP contribution in [0.25, 0.3) is 10.2 Å². The molecule has 0 radical (unpaired) electrons. The molecule has 1 aromatic heterocycles. The highest BCUT2D eigenvalue weighted by Gasteiger charge is 2.19. The molecule has 0 atom stereocenters. The van der Waals surface area contributed by atoms with Crippen molar-refractivity contribution in [2.24, 2.45) is 0 Å². The van der Waals surface area contributed by atoms with E-state index in [0.717, 1.165) is 35.2 Å². The average Bonchev–Trinajstić information content (AvgIpc) is 2.83. The number of nitrogens with zero attached hydrogens (tertiary/aromatic N) is 2. The molecule has 1 N–H and O–H groups in total. The number of hydrogen-bond acceptors (Lipinski definition) is 5. The van der Waals surface area contributed by atoms with E-state index in [1.165, 1.54) is 11.3 Å². The van der Waals surface area contributed by atoms with Crippen LogP contribution in [0.5, 0.6) is 5.75 Å². The Morgan fingerprint density at radius 2 is 2.25 bits per heavy atom. The molecule has 0 bridgehead atoms. The Morgan fingerprint density at radius 1 is 1.38 bits per heavy atom. The first kappa shape index (κ1) is 16.7. The molecule has 128 valence electrons. The van der Waals surface area contributed by atoms with Crippen LogP contribution in [0, 0.1) is 0 Å². The van der Waals surface area contributed by atoms with E-state index in [2.05, 4.69) is 10.3 Å². The Hall–Kier alpha value is -2.15. The van der Waals surface area contributed by atoms with Gasteiger partial charge in [0.05, 0.1) is 23.4 Å². The van der Waals surface area contributed by atoms with Gasteiger partial charge in [-0.2, -0.15) is 0 Å². The third-order valence-electron chi connectivity index (χ3n) is 3.92. The fraction of sp³-hybridized carbons (Fsp3) is 0.471. The summed E-state index contributed by atoms with van der Waals surface area (Å²) in [6.45, 7) is 3.30. The molecule has 1 saturated heterocycles. The highest BCUT2D eigenvalue weighted by atomic mass is 32.1. The lowest BCUT2D eigenvalue weighted by Gasteiger charge is -2.19. The van der Waals surface area contributed by atoms with E-state index in [4.69, 9.17) is 4.74 Å². The number of amides is 2. The summed E-state index contributed by atoms with van der Waals surface area (Å²) in [6, 6.07) is 5.67. The Kier molecular flexibility index (Phi) is 5.30. The summed E-state index contributed by atoms with van der Waals surface area (Å²) in [5.74, 6) is 0.657. The van der Waals surface area contributed by atoms with Crippen LogP contribution in [0.2, 0.25) is 0 Å². The summed E-state index contributed by atoms with van der Waals surface area (Å²) in [6.07, 6.45) is 3.45. The smallest absolute Gasteiger partial charge is 0.245 e. The number of anilines is 1. The standard InChI is InChI=1S/C17H21N3O3S/c1-2-23-12-7-8-13-14(10-12)24-17(18-13)19-15(21)11-20-9-5-3-4-6-16(20)22/h7-8,10H,2-6,9,11H2,1H3,(H,18,19,21). The first-order chi connectivity index (χ1) is 11.7. The lowest BCUT2D eigenvalue weighted by atomic mass is 10.2. The number of aromatic nitrogens is 1. The number of thiazole rings is 1. The van der Waals surface area contributed by atoms with Gasteiger partial charge in [0.2, 0.25) is 11.8 Å². The van der Waals surface area contributed by atoms with Gasteiger partial charge in [0.25, 0.3) is 0 Å². The van der Waals surface area contributed by atoms with Gasteiger partial charge < -0.3 is 15.0 Å². The van der Waals surface area contributed by atoms with Gasteiger partial charge in [-0.15, -0.1) is 0 Å². The third kappa shape index (κ3) is 4.03. The zero-order chi connectivity index (χ0) is 16.9. The van der Waals surface area contributed by atoms with Crippen LogP contribution in [0.1, 0.15) is 32.6 Å². The maximum atomic E-state index is 12.2. The number of ether oxygens (including phenoxy) is 1. The van der Waals surface area contributed by atoms with Gasteiger partial charge in [-0.3, -0.25) is 9.59 Å². The van der Waals surface area contributed by atoms with Gasteiger partial charge in [0.15, 0.2) is 5.13 Å². The van der Waals surface area contributed by atoms with E-state index in [1.54, 1.807) is 4.90 Å². The summed E-state index contributed by atoms with van der Waals surface area (Å²) in [7, 11) is 0. The number of fused-ring (bicyclic) bond motifs is 1. The summed E-state index contributed by atoms with van der Waals surface area (Å²) < 4.78 is 6.44. The Morgan fingerprint density at radius 3 is 3.08 bits per heavy atom. The van der Waals surface area contributed by atoms with Crippen molar-refractivity contribution in [1.29, 1.82) is 0 Å². The second kappa shape index (κ2) is 7.61. The van der Waals surface area contributed by atoms with E-state index >= 15 is 0 Å². The number of carbonyl (C=O) groups is 2. The molecule has 3 rings (SSSR count). The van der Waals surface area contributed by atoms with Gasteiger partial charge in [0.1, 0.15) is 5.75 Å². The van der Waals surface area contributed by atoms with Crippen LogP contribution in [0.4, 0.5) is 5.13 Å². The van der Waals surface area contributed by atoms with Crippen molar-refractivity contribution >= 4 is 38.5 Å². The second-order valence-corrected chi connectivity index (χ2v) is 6.79. The summed E-state index contributed by atoms with van der Waals surface area (Å²) in [4.78, 5) is 30.2. The minimum Gasteiger partial charge on any atom is -0.494 e. The summed E-state index contributed by atoms with van der Waals surface area (Å²) in [5.41, 5.74) is 0.824. The van der Waals surface area contributed by atoms with Crippen molar-refractivity contribution in [2.45, 2.75) is 32.6 Å². The Labute approximate surface area is 144 Å². The van der Waals surface area contributed by atoms with Crippen molar-refractivity contribution < 1.29 is 14.3 Å². The molecule has 2 aromatic rings. The first-order valence-electron chi connectivity index (χ1n) is 8.26. The quantitative estimate of drug-likeness (QED) is 0.902. The highest BCUT2D eigenvalue weighted by Crippen LogP contribution is 2.29. The van der Waals surface area contributed by atoms with Crippen LogP contribution in [0.15, 0.2) is 18.2 Å². The Bertz CT molecular complexity index is 744. The van der Waals surface area contributed by atoms with Crippen LogP contribution >= 0.6 is 11.3 Å². The van der Waals surface area contributed by atoms with E-state index < -0.39 is 0 Å².